The van der Waals surface area contributed by atoms with Crippen LogP contribution < -0.4 is 4.74 Å². The van der Waals surface area contributed by atoms with Gasteiger partial charge in [-0.25, -0.2) is 4.39 Å². The van der Waals surface area contributed by atoms with Crippen molar-refractivity contribution in [2.24, 2.45) is 0 Å². The summed E-state index contributed by atoms with van der Waals surface area (Å²) < 4.78 is 44.3. The SMILES string of the molecule is CC(N1Cc2cccc(-c3ccccc3OCC(F)(F)CF)c2C1=O)C(C)(C)O. The summed E-state index contributed by atoms with van der Waals surface area (Å²) in [6.07, 6.45) is 0. The first-order valence-electron chi connectivity index (χ1n) is 9.36. The quantitative estimate of drug-likeness (QED) is 0.738. The maximum atomic E-state index is 13.3. The molecular formula is C22H24F3NO3. The van der Waals surface area contributed by atoms with E-state index in [9.17, 15) is 23.1 Å². The maximum absolute atomic E-state index is 13.3. The zero-order valence-corrected chi connectivity index (χ0v) is 16.6. The molecule has 0 bridgehead atoms. The van der Waals surface area contributed by atoms with E-state index in [1.165, 1.54) is 6.07 Å². The Bertz CT molecular complexity index is 908. The number of alkyl halides is 3. The Morgan fingerprint density at radius 3 is 2.45 bits per heavy atom. The standard InChI is InChI=1S/C22H24F3NO3/c1-14(21(2,3)28)26-11-15-7-6-9-17(19(15)20(26)27)16-8-4-5-10-18(16)29-13-22(24,25)12-23/h4-10,14,28H,11-13H2,1-3H3. The Morgan fingerprint density at radius 2 is 1.79 bits per heavy atom. The predicted octanol–water partition coefficient (Wildman–Crippen LogP) is 4.45. The molecule has 156 valence electrons. The van der Waals surface area contributed by atoms with Crippen molar-refractivity contribution in [1.82, 2.24) is 4.90 Å². The number of rotatable bonds is 7. The van der Waals surface area contributed by atoms with Crippen molar-refractivity contribution in [3.63, 3.8) is 0 Å². The Labute approximate surface area is 167 Å². The Kier molecular flexibility index (Phi) is 5.63. The van der Waals surface area contributed by atoms with Crippen molar-refractivity contribution in [2.75, 3.05) is 13.3 Å². The topological polar surface area (TPSA) is 49.8 Å². The fraction of sp³-hybridized carbons (Fsp3) is 0.409. The Hall–Kier alpha value is -2.54. The maximum Gasteiger partial charge on any atom is 0.309 e. The molecule has 4 nitrogen and oxygen atoms in total. The predicted molar refractivity (Wildman–Crippen MR) is 104 cm³/mol. The molecule has 7 heteroatoms. The van der Waals surface area contributed by atoms with Crippen LogP contribution in [0.1, 0.15) is 36.7 Å². The van der Waals surface area contributed by atoms with Crippen LogP contribution in [-0.2, 0) is 6.54 Å². The first-order valence-corrected chi connectivity index (χ1v) is 9.36. The van der Waals surface area contributed by atoms with Crippen LogP contribution in [0.15, 0.2) is 42.5 Å². The number of aliphatic hydroxyl groups is 1. The van der Waals surface area contributed by atoms with Gasteiger partial charge in [0.2, 0.25) is 0 Å². The first-order chi connectivity index (χ1) is 13.5. The molecule has 0 saturated carbocycles. The molecule has 0 aromatic heterocycles. The summed E-state index contributed by atoms with van der Waals surface area (Å²) in [5, 5.41) is 10.3. The van der Waals surface area contributed by atoms with Crippen molar-refractivity contribution in [3.05, 3.63) is 53.6 Å². The highest BCUT2D eigenvalue weighted by atomic mass is 19.3. The highest BCUT2D eigenvalue weighted by Gasteiger charge is 2.38. The van der Waals surface area contributed by atoms with Crippen LogP contribution in [0, 0.1) is 0 Å². The molecule has 2 aromatic carbocycles. The second-order valence-corrected chi connectivity index (χ2v) is 7.88. The van der Waals surface area contributed by atoms with Crippen molar-refractivity contribution in [2.45, 2.75) is 44.9 Å². The van der Waals surface area contributed by atoms with Crippen molar-refractivity contribution in [3.8, 4) is 16.9 Å². The van der Waals surface area contributed by atoms with Crippen molar-refractivity contribution < 1.29 is 27.8 Å². The molecule has 1 atom stereocenters. The lowest BCUT2D eigenvalue weighted by Gasteiger charge is -2.33. The number of hydrogen-bond donors (Lipinski definition) is 1. The minimum Gasteiger partial charge on any atom is -0.487 e. The van der Waals surface area contributed by atoms with E-state index in [0.29, 0.717) is 23.2 Å². The first kappa shape index (κ1) is 21.2. The number of carbonyl (C=O) groups excluding carboxylic acids is 1. The highest BCUT2D eigenvalue weighted by molar-refractivity contribution is 6.05. The fourth-order valence-electron chi connectivity index (χ4n) is 3.34. The number of carbonyl (C=O) groups is 1. The van der Waals surface area contributed by atoms with Crippen LogP contribution in [0.3, 0.4) is 0 Å². The van der Waals surface area contributed by atoms with Gasteiger partial charge in [-0.1, -0.05) is 36.4 Å². The van der Waals surface area contributed by atoms with Crippen LogP contribution in [-0.4, -0.2) is 46.8 Å². The number of fused-ring (bicyclic) bond motifs is 1. The molecule has 1 amide bonds. The molecule has 3 rings (SSSR count). The average molecular weight is 407 g/mol. The minimum absolute atomic E-state index is 0.149. The zero-order chi connectivity index (χ0) is 21.4. The van der Waals surface area contributed by atoms with E-state index >= 15 is 0 Å². The monoisotopic (exact) mass is 407 g/mol. The van der Waals surface area contributed by atoms with E-state index < -0.39 is 30.8 Å². The third kappa shape index (κ3) is 4.24. The number of hydrogen-bond acceptors (Lipinski definition) is 3. The van der Waals surface area contributed by atoms with E-state index in [4.69, 9.17) is 4.74 Å². The average Bonchev–Trinajstić information content (AvgIpc) is 3.02. The molecule has 1 aliphatic heterocycles. The molecular weight excluding hydrogens is 383 g/mol. The molecule has 0 saturated heterocycles. The van der Waals surface area contributed by atoms with Gasteiger partial charge in [-0.2, -0.15) is 8.78 Å². The van der Waals surface area contributed by atoms with Gasteiger partial charge < -0.3 is 14.7 Å². The normalized spacial score (nSPS) is 15.4. The van der Waals surface area contributed by atoms with Gasteiger partial charge in [-0.15, -0.1) is 0 Å². The third-order valence-electron chi connectivity index (χ3n) is 5.27. The van der Waals surface area contributed by atoms with Gasteiger partial charge in [0.1, 0.15) is 5.75 Å². The van der Waals surface area contributed by atoms with Gasteiger partial charge in [0, 0.05) is 12.1 Å². The number of ether oxygens (including phenoxy) is 1. The van der Waals surface area contributed by atoms with E-state index in [1.807, 2.05) is 6.07 Å². The number of benzene rings is 2. The van der Waals surface area contributed by atoms with Crippen molar-refractivity contribution >= 4 is 5.91 Å². The lowest BCUT2D eigenvalue weighted by atomic mass is 9.96. The van der Waals surface area contributed by atoms with Crippen LogP contribution >= 0.6 is 0 Å². The Balaban J connectivity index is 1.99. The van der Waals surface area contributed by atoms with Crippen LogP contribution in [0.5, 0.6) is 5.75 Å². The highest BCUT2D eigenvalue weighted by Crippen LogP contribution is 2.39. The summed E-state index contributed by atoms with van der Waals surface area (Å²) in [6.45, 7) is 2.51. The van der Waals surface area contributed by atoms with Gasteiger partial charge >= 0.3 is 5.92 Å². The molecule has 0 aliphatic carbocycles. The van der Waals surface area contributed by atoms with E-state index in [1.54, 1.807) is 56.0 Å². The van der Waals surface area contributed by atoms with Gasteiger partial charge in [0.05, 0.1) is 17.2 Å². The third-order valence-corrected chi connectivity index (χ3v) is 5.27. The molecule has 1 aliphatic rings. The summed E-state index contributed by atoms with van der Waals surface area (Å²) in [5.74, 6) is -3.68. The summed E-state index contributed by atoms with van der Waals surface area (Å²) in [7, 11) is 0. The molecule has 29 heavy (non-hydrogen) atoms. The van der Waals surface area contributed by atoms with E-state index in [0.717, 1.165) is 5.56 Å². The van der Waals surface area contributed by atoms with Crippen molar-refractivity contribution in [1.29, 1.82) is 0 Å². The second kappa shape index (κ2) is 7.71. The molecule has 1 N–H and O–H groups in total. The Morgan fingerprint density at radius 1 is 1.14 bits per heavy atom. The lowest BCUT2D eigenvalue weighted by Crippen LogP contribution is -2.47. The summed E-state index contributed by atoms with van der Waals surface area (Å²) in [4.78, 5) is 14.8. The van der Waals surface area contributed by atoms with Crippen LogP contribution in [0.25, 0.3) is 11.1 Å². The molecule has 1 unspecified atom stereocenters. The molecule has 0 fully saturated rings. The summed E-state index contributed by atoms with van der Waals surface area (Å²) in [6, 6.07) is 11.4. The van der Waals surface area contributed by atoms with Crippen LogP contribution in [0.2, 0.25) is 0 Å². The van der Waals surface area contributed by atoms with Gasteiger partial charge in [-0.05, 0) is 38.0 Å². The lowest BCUT2D eigenvalue weighted by molar-refractivity contribution is -0.0583. The largest absolute Gasteiger partial charge is 0.487 e. The summed E-state index contributed by atoms with van der Waals surface area (Å²) >= 11 is 0. The minimum atomic E-state index is -3.58. The van der Waals surface area contributed by atoms with Gasteiger partial charge in [-0.3, -0.25) is 4.79 Å². The van der Waals surface area contributed by atoms with E-state index in [-0.39, 0.29) is 11.7 Å². The fourth-order valence-corrected chi connectivity index (χ4v) is 3.34. The van der Waals surface area contributed by atoms with Gasteiger partial charge in [0.15, 0.2) is 13.3 Å². The number of nitrogens with zero attached hydrogens (tertiary/aromatic N) is 1. The second-order valence-electron chi connectivity index (χ2n) is 7.88. The number of halogens is 3. The smallest absolute Gasteiger partial charge is 0.309 e. The zero-order valence-electron chi connectivity index (χ0n) is 16.6. The molecule has 0 spiro atoms. The van der Waals surface area contributed by atoms with Gasteiger partial charge in [0.25, 0.3) is 5.91 Å². The molecule has 0 radical (unpaired) electrons. The number of para-hydroxylation sites is 1. The molecule has 2 aromatic rings. The van der Waals surface area contributed by atoms with E-state index in [2.05, 4.69) is 0 Å². The van der Waals surface area contributed by atoms with Crippen LogP contribution in [0.4, 0.5) is 13.2 Å². The molecule has 1 heterocycles. The summed E-state index contributed by atoms with van der Waals surface area (Å²) in [5.41, 5.74) is 1.18. The number of amides is 1.